The van der Waals surface area contributed by atoms with E-state index in [0.29, 0.717) is 18.1 Å². The molecule has 0 spiro atoms. The molecule has 1 aliphatic carbocycles. The molecule has 16 heteroatoms. The molecule has 5 amide bonds. The SMILES string of the molecule is COC[C@H](NC(=O)[C@H](C)NC(=O)OCC1c2ccccc2-c2ccccc21)C(=O)N(C)[C@H](CC(=O)NC1COCCC1N(C)C(=O)[C@@H](CC(=O)O)Cc1ccccc1)Cc1ccc(Cl)cc1. The fraction of sp³-hybridized carbons (Fsp3) is 0.400. The van der Waals surface area contributed by atoms with Gasteiger partial charge in [-0.05, 0) is 71.7 Å². The Labute approximate surface area is 390 Å². The summed E-state index contributed by atoms with van der Waals surface area (Å²) in [4.78, 5) is 83.6. The summed E-state index contributed by atoms with van der Waals surface area (Å²) in [6.07, 6.45) is -0.453. The number of hydrogen-bond acceptors (Lipinski definition) is 9. The molecule has 0 aromatic heterocycles. The molecule has 4 aromatic carbocycles. The van der Waals surface area contributed by atoms with Gasteiger partial charge >= 0.3 is 12.1 Å². The van der Waals surface area contributed by atoms with Crippen LogP contribution >= 0.6 is 11.6 Å². The molecule has 1 saturated heterocycles. The van der Waals surface area contributed by atoms with E-state index in [0.717, 1.165) is 33.4 Å². The van der Waals surface area contributed by atoms with Crippen molar-refractivity contribution in [2.45, 2.75) is 75.2 Å². The first-order valence-electron chi connectivity index (χ1n) is 22.0. The lowest BCUT2D eigenvalue weighted by atomic mass is 9.92. The smallest absolute Gasteiger partial charge is 0.407 e. The van der Waals surface area contributed by atoms with Crippen LogP contribution < -0.4 is 16.0 Å². The van der Waals surface area contributed by atoms with Crippen molar-refractivity contribution in [2.24, 2.45) is 5.92 Å². The number of methoxy groups -OCH3 is 1. The van der Waals surface area contributed by atoms with Crippen LogP contribution in [0.2, 0.25) is 5.02 Å². The number of carbonyl (C=O) groups excluding carboxylic acids is 5. The number of aliphatic carboxylic acids is 1. The number of hydrogen-bond donors (Lipinski definition) is 4. The Morgan fingerprint density at radius 1 is 0.803 bits per heavy atom. The highest BCUT2D eigenvalue weighted by atomic mass is 35.5. The van der Waals surface area contributed by atoms with Gasteiger partial charge in [0.1, 0.15) is 18.7 Å². The molecule has 15 nitrogen and oxygen atoms in total. The van der Waals surface area contributed by atoms with E-state index in [4.69, 9.17) is 25.8 Å². The third kappa shape index (κ3) is 12.7. The third-order valence-corrected chi connectivity index (χ3v) is 12.6. The Bertz CT molecular complexity index is 2290. The fourth-order valence-corrected chi connectivity index (χ4v) is 8.93. The Morgan fingerprint density at radius 2 is 1.42 bits per heavy atom. The zero-order chi connectivity index (χ0) is 47.3. The van der Waals surface area contributed by atoms with Gasteiger partial charge in [-0.3, -0.25) is 24.0 Å². The number of benzene rings is 4. The number of nitrogens with zero attached hydrogens (tertiary/aromatic N) is 2. The molecule has 0 radical (unpaired) electrons. The van der Waals surface area contributed by atoms with E-state index < -0.39 is 65.9 Å². The molecule has 66 heavy (non-hydrogen) atoms. The predicted molar refractivity (Wildman–Crippen MR) is 248 cm³/mol. The molecule has 1 heterocycles. The van der Waals surface area contributed by atoms with Crippen molar-refractivity contribution in [3.63, 3.8) is 0 Å². The summed E-state index contributed by atoms with van der Waals surface area (Å²) >= 11 is 6.18. The van der Waals surface area contributed by atoms with Crippen molar-refractivity contribution in [3.8, 4) is 11.1 Å². The minimum absolute atomic E-state index is 0.0532. The Kier molecular flexibility index (Phi) is 17.3. The number of fused-ring (bicyclic) bond motifs is 3. The number of nitrogens with one attached hydrogen (secondary N) is 3. The molecule has 1 fully saturated rings. The van der Waals surface area contributed by atoms with Gasteiger partial charge in [-0.25, -0.2) is 4.79 Å². The summed E-state index contributed by atoms with van der Waals surface area (Å²) in [6.45, 7) is 1.76. The molecule has 1 aliphatic heterocycles. The van der Waals surface area contributed by atoms with Gasteiger partial charge < -0.3 is 45.1 Å². The molecular weight excluding hydrogens is 866 g/mol. The summed E-state index contributed by atoms with van der Waals surface area (Å²) in [5.41, 5.74) is 5.87. The summed E-state index contributed by atoms with van der Waals surface area (Å²) in [5, 5.41) is 18.5. The molecular formula is C50H58ClN5O10. The van der Waals surface area contributed by atoms with Crippen LogP contribution in [0.1, 0.15) is 54.4 Å². The number of alkyl carbamates (subject to hydrolysis) is 1. The van der Waals surface area contributed by atoms with Gasteiger partial charge in [0, 0.05) is 51.2 Å². The first-order chi connectivity index (χ1) is 31.7. The highest BCUT2D eigenvalue weighted by Crippen LogP contribution is 2.44. The number of rotatable bonds is 20. The molecule has 0 saturated carbocycles. The van der Waals surface area contributed by atoms with Crippen LogP contribution in [0.15, 0.2) is 103 Å². The Hall–Kier alpha value is -6.29. The zero-order valence-corrected chi connectivity index (χ0v) is 38.4. The Balaban J connectivity index is 1.09. The maximum absolute atomic E-state index is 14.3. The molecule has 350 valence electrons. The summed E-state index contributed by atoms with van der Waals surface area (Å²) in [6, 6.07) is 28.0. The maximum atomic E-state index is 14.3. The lowest BCUT2D eigenvalue weighted by Crippen LogP contribution is -2.59. The number of carbonyl (C=O) groups is 6. The van der Waals surface area contributed by atoms with Gasteiger partial charge in [-0.2, -0.15) is 0 Å². The highest BCUT2D eigenvalue weighted by Gasteiger charge is 2.37. The molecule has 4 aromatic rings. The lowest BCUT2D eigenvalue weighted by Gasteiger charge is -2.40. The van der Waals surface area contributed by atoms with E-state index in [9.17, 15) is 33.9 Å². The van der Waals surface area contributed by atoms with Crippen LogP contribution in [0, 0.1) is 5.92 Å². The van der Waals surface area contributed by atoms with E-state index in [2.05, 4.69) is 16.0 Å². The van der Waals surface area contributed by atoms with Crippen molar-refractivity contribution in [1.29, 1.82) is 0 Å². The van der Waals surface area contributed by atoms with Gasteiger partial charge in [-0.1, -0.05) is 103 Å². The van der Waals surface area contributed by atoms with E-state index >= 15 is 0 Å². The number of likely N-dealkylation sites (N-methyl/N-ethyl adjacent to an activating group) is 2. The van der Waals surface area contributed by atoms with Gasteiger partial charge in [0.15, 0.2) is 0 Å². The van der Waals surface area contributed by atoms with Crippen LogP contribution in [-0.2, 0) is 51.0 Å². The average molecular weight is 924 g/mol. The van der Waals surface area contributed by atoms with Crippen LogP contribution in [0.4, 0.5) is 4.79 Å². The van der Waals surface area contributed by atoms with Crippen LogP contribution in [-0.4, -0.2) is 128 Å². The van der Waals surface area contributed by atoms with Crippen molar-refractivity contribution in [1.82, 2.24) is 25.8 Å². The summed E-state index contributed by atoms with van der Waals surface area (Å²) < 4.78 is 16.7. The molecule has 2 aliphatic rings. The van der Waals surface area contributed by atoms with Crippen LogP contribution in [0.25, 0.3) is 11.1 Å². The number of ether oxygens (including phenoxy) is 3. The molecule has 6 rings (SSSR count). The second-order valence-electron chi connectivity index (χ2n) is 16.9. The highest BCUT2D eigenvalue weighted by molar-refractivity contribution is 6.30. The number of carboxylic acid groups (broad SMARTS) is 1. The molecule has 4 N–H and O–H groups in total. The van der Waals surface area contributed by atoms with Crippen molar-refractivity contribution >= 4 is 47.3 Å². The first-order valence-corrected chi connectivity index (χ1v) is 22.4. The number of amides is 5. The summed E-state index contributed by atoms with van der Waals surface area (Å²) in [7, 11) is 4.54. The second kappa shape index (κ2) is 23.2. The van der Waals surface area contributed by atoms with E-state index in [1.54, 1.807) is 31.3 Å². The fourth-order valence-electron chi connectivity index (χ4n) is 8.80. The van der Waals surface area contributed by atoms with E-state index in [1.165, 1.54) is 30.9 Å². The predicted octanol–water partition coefficient (Wildman–Crippen LogP) is 5.22. The second-order valence-corrected chi connectivity index (χ2v) is 17.3. The van der Waals surface area contributed by atoms with Gasteiger partial charge in [0.2, 0.25) is 23.6 Å². The monoisotopic (exact) mass is 923 g/mol. The van der Waals surface area contributed by atoms with E-state index in [1.807, 2.05) is 78.9 Å². The van der Waals surface area contributed by atoms with Crippen molar-refractivity contribution < 1.29 is 48.1 Å². The number of carboxylic acids is 1. The molecule has 2 unspecified atom stereocenters. The Morgan fingerprint density at radius 3 is 2.06 bits per heavy atom. The normalized spacial score (nSPS) is 17.2. The third-order valence-electron chi connectivity index (χ3n) is 12.3. The first kappa shape index (κ1) is 49.2. The zero-order valence-electron chi connectivity index (χ0n) is 37.6. The average Bonchev–Trinajstić information content (AvgIpc) is 3.63. The van der Waals surface area contributed by atoms with Crippen molar-refractivity contribution in [2.75, 3.05) is 47.6 Å². The molecule has 6 atom stereocenters. The maximum Gasteiger partial charge on any atom is 0.407 e. The lowest BCUT2D eigenvalue weighted by molar-refractivity contribution is -0.146. The minimum Gasteiger partial charge on any atom is -0.481 e. The van der Waals surface area contributed by atoms with Crippen molar-refractivity contribution in [3.05, 3.63) is 130 Å². The summed E-state index contributed by atoms with van der Waals surface area (Å²) in [5.74, 6) is -4.07. The topological polar surface area (TPSA) is 193 Å². The van der Waals surface area contributed by atoms with Crippen LogP contribution in [0.5, 0.6) is 0 Å². The largest absolute Gasteiger partial charge is 0.481 e. The number of halogens is 1. The van der Waals surface area contributed by atoms with Crippen LogP contribution in [0.3, 0.4) is 0 Å². The minimum atomic E-state index is -1.19. The standard InChI is InChI=1S/C50H58ClN5O10/c1-31(52-50(63)66-28-41-39-16-10-8-14-37(39)38-15-9-11-17-40(38)41)47(60)54-43(29-64-4)49(62)55(2)36(25-33-18-20-35(51)21-19-33)27-45(57)53-42-30-65-23-22-44(42)56(3)48(61)34(26-46(58)59)24-32-12-6-5-7-13-32/h5-21,31,34,36,41-44H,22-30H2,1-4H3,(H,52,63)(H,53,57)(H,54,60)(H,58,59)/t31-,34+,36-,42?,43-,44?/m0/s1. The quantitative estimate of drug-likeness (QED) is 0.0914. The van der Waals surface area contributed by atoms with E-state index in [-0.39, 0.29) is 57.3 Å². The van der Waals surface area contributed by atoms with Gasteiger partial charge in [0.05, 0.1) is 37.6 Å². The van der Waals surface area contributed by atoms with Gasteiger partial charge in [-0.15, -0.1) is 0 Å². The molecule has 0 bridgehead atoms. The van der Waals surface area contributed by atoms with Gasteiger partial charge in [0.25, 0.3) is 0 Å².